The van der Waals surface area contributed by atoms with E-state index in [9.17, 15) is 9.18 Å². The van der Waals surface area contributed by atoms with Crippen LogP contribution in [0, 0.1) is 5.82 Å². The molecule has 1 aliphatic carbocycles. The quantitative estimate of drug-likeness (QED) is 0.837. The zero-order valence-electron chi connectivity index (χ0n) is 9.80. The van der Waals surface area contributed by atoms with Crippen LogP contribution >= 0.6 is 0 Å². The lowest BCUT2D eigenvalue weighted by molar-refractivity contribution is 0.363. The molecule has 0 spiro atoms. The van der Waals surface area contributed by atoms with E-state index in [0.29, 0.717) is 12.5 Å². The van der Waals surface area contributed by atoms with Gasteiger partial charge in [-0.2, -0.15) is 0 Å². The first-order valence-electron chi connectivity index (χ1n) is 6.04. The minimum atomic E-state index is -0.737. The molecule has 0 saturated heterocycles. The van der Waals surface area contributed by atoms with Crippen LogP contribution in [0.3, 0.4) is 0 Å². The van der Waals surface area contributed by atoms with Crippen LogP contribution in [0.2, 0.25) is 0 Å². The molecule has 2 aromatic heterocycles. The number of halogens is 1. The second-order valence-corrected chi connectivity index (χ2v) is 4.64. The fourth-order valence-corrected chi connectivity index (χ4v) is 2.22. The summed E-state index contributed by atoms with van der Waals surface area (Å²) in [7, 11) is 0. The predicted molar refractivity (Wildman–Crippen MR) is 62.9 cm³/mol. The van der Waals surface area contributed by atoms with Crippen molar-refractivity contribution in [2.75, 3.05) is 0 Å². The summed E-state index contributed by atoms with van der Waals surface area (Å²) >= 11 is 0. The fraction of sp³-hybridized carbons (Fsp3) is 0.385. The molecule has 4 nitrogen and oxygen atoms in total. The lowest BCUT2D eigenvalue weighted by Gasteiger charge is -2.23. The highest BCUT2D eigenvalue weighted by Gasteiger charge is 2.25. The molecule has 0 radical (unpaired) electrons. The Kier molecular flexibility index (Phi) is 2.74. The van der Waals surface area contributed by atoms with E-state index in [1.165, 1.54) is 23.1 Å². The Labute approximate surface area is 103 Å². The summed E-state index contributed by atoms with van der Waals surface area (Å²) in [6, 6.07) is 2.69. The standard InChI is InChI=1S/C13H13FN2O2/c14-11-5-2-6-16(13(11)17)7-10-8-18-15-12(10)9-3-1-4-9/h2,5-6,8-9H,1,3-4,7H2. The van der Waals surface area contributed by atoms with E-state index in [-0.39, 0.29) is 0 Å². The minimum absolute atomic E-state index is 0.311. The smallest absolute Gasteiger partial charge is 0.286 e. The van der Waals surface area contributed by atoms with Crippen LogP contribution in [0.1, 0.15) is 36.4 Å². The van der Waals surface area contributed by atoms with Crippen molar-refractivity contribution in [1.82, 2.24) is 9.72 Å². The summed E-state index contributed by atoms with van der Waals surface area (Å²) < 4.78 is 19.5. The Morgan fingerprint density at radius 2 is 2.33 bits per heavy atom. The summed E-state index contributed by atoms with van der Waals surface area (Å²) in [4.78, 5) is 11.6. The SMILES string of the molecule is O=c1c(F)cccn1Cc1conc1C1CCC1. The number of nitrogens with zero attached hydrogens (tertiary/aromatic N) is 2. The molecule has 0 N–H and O–H groups in total. The average Bonchev–Trinajstić information content (AvgIpc) is 2.71. The van der Waals surface area contributed by atoms with E-state index in [1.54, 1.807) is 12.5 Å². The molecule has 1 fully saturated rings. The number of aromatic nitrogens is 2. The molecule has 3 rings (SSSR count). The van der Waals surface area contributed by atoms with Crippen LogP contribution in [-0.2, 0) is 6.54 Å². The molecule has 1 aliphatic rings. The molecule has 94 valence electrons. The molecule has 0 atom stereocenters. The van der Waals surface area contributed by atoms with Gasteiger partial charge < -0.3 is 9.09 Å². The van der Waals surface area contributed by atoms with E-state index in [4.69, 9.17) is 4.52 Å². The van der Waals surface area contributed by atoms with E-state index in [1.807, 2.05) is 0 Å². The number of hydrogen-bond donors (Lipinski definition) is 0. The van der Waals surface area contributed by atoms with Crippen molar-refractivity contribution < 1.29 is 8.91 Å². The Bertz CT molecular complexity index is 613. The van der Waals surface area contributed by atoms with Crippen molar-refractivity contribution in [2.24, 2.45) is 0 Å². The molecule has 0 bridgehead atoms. The van der Waals surface area contributed by atoms with Crippen molar-refractivity contribution >= 4 is 0 Å². The van der Waals surface area contributed by atoms with Gasteiger partial charge in [-0.1, -0.05) is 11.6 Å². The van der Waals surface area contributed by atoms with Gasteiger partial charge in [-0.05, 0) is 25.0 Å². The van der Waals surface area contributed by atoms with Gasteiger partial charge in [-0.25, -0.2) is 4.39 Å². The molecule has 0 unspecified atom stereocenters. The first-order chi connectivity index (χ1) is 8.75. The van der Waals surface area contributed by atoms with Gasteiger partial charge in [0.05, 0.1) is 12.2 Å². The van der Waals surface area contributed by atoms with Crippen LogP contribution in [0.25, 0.3) is 0 Å². The first-order valence-corrected chi connectivity index (χ1v) is 6.04. The van der Waals surface area contributed by atoms with E-state index in [0.717, 1.165) is 24.1 Å². The molecular weight excluding hydrogens is 235 g/mol. The largest absolute Gasteiger partial charge is 0.364 e. The van der Waals surface area contributed by atoms with Gasteiger partial charge in [0.15, 0.2) is 5.82 Å². The summed E-state index contributed by atoms with van der Waals surface area (Å²) in [5, 5.41) is 4.00. The predicted octanol–water partition coefficient (Wildman–Crippen LogP) is 2.29. The lowest BCUT2D eigenvalue weighted by atomic mass is 9.81. The normalized spacial score (nSPS) is 15.6. The van der Waals surface area contributed by atoms with Gasteiger partial charge in [0.25, 0.3) is 5.56 Å². The van der Waals surface area contributed by atoms with Crippen LogP contribution in [0.15, 0.2) is 33.9 Å². The van der Waals surface area contributed by atoms with Gasteiger partial charge in [0.2, 0.25) is 0 Å². The molecule has 0 amide bonds. The van der Waals surface area contributed by atoms with Crippen molar-refractivity contribution in [3.8, 4) is 0 Å². The topological polar surface area (TPSA) is 48.0 Å². The molecule has 5 heteroatoms. The van der Waals surface area contributed by atoms with Crippen LogP contribution in [0.4, 0.5) is 4.39 Å². The highest BCUT2D eigenvalue weighted by molar-refractivity contribution is 5.21. The zero-order chi connectivity index (χ0) is 12.5. The van der Waals surface area contributed by atoms with E-state index < -0.39 is 11.4 Å². The maximum Gasteiger partial charge on any atom is 0.286 e. The van der Waals surface area contributed by atoms with Crippen LogP contribution < -0.4 is 5.56 Å². The van der Waals surface area contributed by atoms with Crippen molar-refractivity contribution in [2.45, 2.75) is 31.7 Å². The minimum Gasteiger partial charge on any atom is -0.364 e. The van der Waals surface area contributed by atoms with Crippen molar-refractivity contribution in [3.63, 3.8) is 0 Å². The number of rotatable bonds is 3. The van der Waals surface area contributed by atoms with Gasteiger partial charge in [-0.15, -0.1) is 0 Å². The van der Waals surface area contributed by atoms with Gasteiger partial charge in [0.1, 0.15) is 6.26 Å². The third-order valence-electron chi connectivity index (χ3n) is 3.48. The maximum atomic E-state index is 13.2. The van der Waals surface area contributed by atoms with Gasteiger partial charge in [-0.3, -0.25) is 4.79 Å². The maximum absolute atomic E-state index is 13.2. The summed E-state index contributed by atoms with van der Waals surface area (Å²) in [6.07, 6.45) is 6.54. The molecule has 1 saturated carbocycles. The number of pyridine rings is 1. The second kappa shape index (κ2) is 4.40. The van der Waals surface area contributed by atoms with Crippen molar-refractivity contribution in [3.05, 3.63) is 52.0 Å². The summed E-state index contributed by atoms with van der Waals surface area (Å²) in [5.41, 5.74) is 1.17. The Hall–Kier alpha value is -1.91. The lowest BCUT2D eigenvalue weighted by Crippen LogP contribution is -2.23. The molecular formula is C13H13FN2O2. The molecule has 2 aromatic rings. The molecule has 18 heavy (non-hydrogen) atoms. The van der Waals surface area contributed by atoms with Gasteiger partial charge in [0, 0.05) is 17.7 Å². The van der Waals surface area contributed by atoms with Crippen LogP contribution in [0.5, 0.6) is 0 Å². The van der Waals surface area contributed by atoms with E-state index >= 15 is 0 Å². The van der Waals surface area contributed by atoms with Crippen molar-refractivity contribution in [1.29, 1.82) is 0 Å². The second-order valence-electron chi connectivity index (χ2n) is 4.64. The highest BCUT2D eigenvalue weighted by Crippen LogP contribution is 2.37. The fourth-order valence-electron chi connectivity index (χ4n) is 2.22. The Morgan fingerprint density at radius 3 is 3.06 bits per heavy atom. The summed E-state index contributed by atoms with van der Waals surface area (Å²) in [5.74, 6) is -0.304. The van der Waals surface area contributed by atoms with Gasteiger partial charge >= 0.3 is 0 Å². The molecule has 0 aliphatic heterocycles. The Morgan fingerprint density at radius 1 is 1.50 bits per heavy atom. The average molecular weight is 248 g/mol. The molecule has 2 heterocycles. The third kappa shape index (κ3) is 1.85. The first kappa shape index (κ1) is 11.2. The van der Waals surface area contributed by atoms with E-state index in [2.05, 4.69) is 5.16 Å². The third-order valence-corrected chi connectivity index (χ3v) is 3.48. The monoisotopic (exact) mass is 248 g/mol. The van der Waals surface area contributed by atoms with Crippen LogP contribution in [-0.4, -0.2) is 9.72 Å². The highest BCUT2D eigenvalue weighted by atomic mass is 19.1. The summed E-state index contributed by atoms with van der Waals surface area (Å²) in [6.45, 7) is 0.311. The molecule has 0 aromatic carbocycles. The Balaban J connectivity index is 1.90. The number of hydrogen-bond acceptors (Lipinski definition) is 3. The zero-order valence-corrected chi connectivity index (χ0v) is 9.80.